The van der Waals surface area contributed by atoms with E-state index in [0.717, 1.165) is 13.0 Å². The molecule has 0 aromatic heterocycles. The molecule has 0 aromatic carbocycles. The number of carbonyl (C=O) groups excluding carboxylic acids is 1. The van der Waals surface area contributed by atoms with Gasteiger partial charge >= 0.3 is 0 Å². The average Bonchev–Trinajstić information content (AvgIpc) is 1.94. The summed E-state index contributed by atoms with van der Waals surface area (Å²) in [6, 6.07) is 0. The van der Waals surface area contributed by atoms with Gasteiger partial charge in [-0.2, -0.15) is 0 Å². The zero-order valence-electron chi connectivity index (χ0n) is 11.3. The maximum absolute atomic E-state index is 12.4. The van der Waals surface area contributed by atoms with Gasteiger partial charge in [0, 0.05) is 17.5 Å². The summed E-state index contributed by atoms with van der Waals surface area (Å²) in [6.45, 7) is 15.7. The Morgan fingerprint density at radius 3 is 1.80 bits per heavy atom. The lowest BCUT2D eigenvalue weighted by Gasteiger charge is -2.57. The summed E-state index contributed by atoms with van der Waals surface area (Å²) in [6.07, 6.45) is 1.00. The van der Waals surface area contributed by atoms with E-state index in [0.29, 0.717) is 5.78 Å². The molecule has 1 heterocycles. The normalized spacial score (nSPS) is 28.7. The highest BCUT2D eigenvalue weighted by molar-refractivity contribution is 5.93. The number of rotatable bonds is 1. The Morgan fingerprint density at radius 1 is 1.13 bits per heavy atom. The van der Waals surface area contributed by atoms with E-state index in [1.54, 1.807) is 0 Å². The van der Waals surface area contributed by atoms with Gasteiger partial charge in [0.2, 0.25) is 0 Å². The molecule has 2 nitrogen and oxygen atoms in total. The fraction of sp³-hybridized carbons (Fsp3) is 0.923. The Bertz CT molecular complexity index is 269. The van der Waals surface area contributed by atoms with Gasteiger partial charge < -0.3 is 0 Å². The lowest BCUT2D eigenvalue weighted by Crippen LogP contribution is -2.70. The van der Waals surface area contributed by atoms with Gasteiger partial charge in [-0.3, -0.25) is 9.69 Å². The van der Waals surface area contributed by atoms with Crippen LogP contribution in [-0.4, -0.2) is 28.3 Å². The van der Waals surface area contributed by atoms with Gasteiger partial charge in [0.15, 0.2) is 5.78 Å². The number of nitrogens with zero attached hydrogens (tertiary/aromatic N) is 1. The molecule has 2 heteroatoms. The van der Waals surface area contributed by atoms with E-state index in [9.17, 15) is 4.79 Å². The van der Waals surface area contributed by atoms with E-state index in [2.05, 4.69) is 32.6 Å². The predicted molar refractivity (Wildman–Crippen MR) is 63.9 cm³/mol. The molecule has 0 amide bonds. The molecule has 0 bridgehead atoms. The van der Waals surface area contributed by atoms with Crippen LogP contribution in [0.3, 0.4) is 0 Å². The zero-order valence-corrected chi connectivity index (χ0v) is 11.3. The van der Waals surface area contributed by atoms with E-state index in [1.165, 1.54) is 0 Å². The molecule has 1 fully saturated rings. The van der Waals surface area contributed by atoms with Gasteiger partial charge in [-0.05, 0) is 34.1 Å². The Labute approximate surface area is 94.0 Å². The molecule has 88 valence electrons. The van der Waals surface area contributed by atoms with Crippen molar-refractivity contribution in [3.8, 4) is 0 Å². The van der Waals surface area contributed by atoms with Gasteiger partial charge in [0.25, 0.3) is 0 Å². The molecule has 1 rings (SSSR count). The van der Waals surface area contributed by atoms with Crippen molar-refractivity contribution >= 4 is 5.78 Å². The molecule has 1 atom stereocenters. The third-order valence-electron chi connectivity index (χ3n) is 3.40. The number of Topliss-reactive ketones (excluding diaryl/α,β-unsaturated/α-hetero) is 1. The van der Waals surface area contributed by atoms with Gasteiger partial charge in [-0.1, -0.05) is 20.8 Å². The molecule has 0 unspecified atom stereocenters. The van der Waals surface area contributed by atoms with Crippen LogP contribution < -0.4 is 0 Å². The van der Waals surface area contributed by atoms with Gasteiger partial charge in [-0.25, -0.2) is 0 Å². The van der Waals surface area contributed by atoms with Crippen molar-refractivity contribution < 1.29 is 4.79 Å². The first kappa shape index (κ1) is 12.7. The second-order valence-electron chi connectivity index (χ2n) is 6.93. The molecule has 0 radical (unpaired) electrons. The number of likely N-dealkylation sites (tertiary alicyclic amines) is 1. The van der Waals surface area contributed by atoms with E-state index in [4.69, 9.17) is 0 Å². The smallest absolute Gasteiger partial charge is 0.158 e. The highest BCUT2D eigenvalue weighted by Crippen LogP contribution is 2.41. The number of hydrogen-bond acceptors (Lipinski definition) is 2. The third kappa shape index (κ3) is 2.10. The van der Waals surface area contributed by atoms with Gasteiger partial charge in [0.05, 0.1) is 5.54 Å². The summed E-state index contributed by atoms with van der Waals surface area (Å²) in [5.41, 5.74) is -0.386. The van der Waals surface area contributed by atoms with Crippen LogP contribution in [0, 0.1) is 5.41 Å². The minimum Gasteiger partial charge on any atom is -0.297 e. The lowest BCUT2D eigenvalue weighted by atomic mass is 9.70. The molecule has 0 N–H and O–H groups in total. The summed E-state index contributed by atoms with van der Waals surface area (Å²) in [5.74, 6) is 0.371. The van der Waals surface area contributed by atoms with Crippen LogP contribution in [0.1, 0.15) is 54.9 Å². The summed E-state index contributed by atoms with van der Waals surface area (Å²) in [4.78, 5) is 14.7. The van der Waals surface area contributed by atoms with Crippen LogP contribution in [-0.2, 0) is 4.79 Å². The van der Waals surface area contributed by atoms with E-state index >= 15 is 0 Å². The second-order valence-corrected chi connectivity index (χ2v) is 6.93. The largest absolute Gasteiger partial charge is 0.297 e. The number of carbonyl (C=O) groups is 1. The zero-order chi connectivity index (χ0) is 12.1. The van der Waals surface area contributed by atoms with E-state index in [-0.39, 0.29) is 16.5 Å². The molecule has 1 aliphatic rings. The maximum atomic E-state index is 12.4. The quantitative estimate of drug-likeness (QED) is 0.664. The fourth-order valence-corrected chi connectivity index (χ4v) is 2.68. The highest BCUT2D eigenvalue weighted by atomic mass is 16.1. The van der Waals surface area contributed by atoms with Crippen molar-refractivity contribution in [2.24, 2.45) is 5.41 Å². The third-order valence-corrected chi connectivity index (χ3v) is 3.40. The van der Waals surface area contributed by atoms with Crippen molar-refractivity contribution in [2.75, 3.05) is 6.54 Å². The fourth-order valence-electron chi connectivity index (χ4n) is 2.68. The topological polar surface area (TPSA) is 20.3 Å². The maximum Gasteiger partial charge on any atom is 0.158 e. The monoisotopic (exact) mass is 211 g/mol. The van der Waals surface area contributed by atoms with E-state index in [1.807, 2.05) is 20.8 Å². The van der Waals surface area contributed by atoms with Crippen LogP contribution in [0.4, 0.5) is 0 Å². The molecule has 0 aliphatic carbocycles. The summed E-state index contributed by atoms with van der Waals surface area (Å²) in [7, 11) is 0. The number of hydrogen-bond donors (Lipinski definition) is 0. The Balaban J connectivity index is 2.91. The minimum absolute atomic E-state index is 0.0912. The first-order chi connectivity index (χ1) is 6.49. The van der Waals surface area contributed by atoms with Crippen molar-refractivity contribution in [1.82, 2.24) is 4.90 Å². The molecule has 1 saturated heterocycles. The van der Waals surface area contributed by atoms with Crippen molar-refractivity contribution in [3.63, 3.8) is 0 Å². The Hall–Kier alpha value is -0.370. The molecular formula is C13H25NO. The molecule has 0 saturated carbocycles. The molecule has 1 aliphatic heterocycles. The summed E-state index contributed by atoms with van der Waals surface area (Å²) >= 11 is 0. The summed E-state index contributed by atoms with van der Waals surface area (Å²) in [5, 5.41) is 0. The van der Waals surface area contributed by atoms with Crippen LogP contribution in [0.2, 0.25) is 0 Å². The van der Waals surface area contributed by atoms with Crippen molar-refractivity contribution in [1.29, 1.82) is 0 Å². The second kappa shape index (κ2) is 3.31. The van der Waals surface area contributed by atoms with Crippen LogP contribution in [0.15, 0.2) is 0 Å². The lowest BCUT2D eigenvalue weighted by molar-refractivity contribution is -0.155. The SMILES string of the molecule is CC(C)(C)C(=O)[C@@]1(C)CCN1C(C)(C)C. The average molecular weight is 211 g/mol. The molecule has 0 aromatic rings. The van der Waals surface area contributed by atoms with Crippen molar-refractivity contribution in [2.45, 2.75) is 66.0 Å². The molecule has 0 spiro atoms. The van der Waals surface area contributed by atoms with Crippen molar-refractivity contribution in [3.05, 3.63) is 0 Å². The predicted octanol–water partition coefficient (Wildman–Crippen LogP) is 2.86. The van der Waals surface area contributed by atoms with E-state index < -0.39 is 0 Å². The van der Waals surface area contributed by atoms with Gasteiger partial charge in [-0.15, -0.1) is 0 Å². The standard InChI is InChI=1S/C13H25NO/c1-11(2,3)10(15)13(7)8-9-14(13)12(4,5)6/h8-9H2,1-7H3/t13-/m1/s1. The highest BCUT2D eigenvalue weighted by Gasteiger charge is 2.53. The first-order valence-electron chi connectivity index (χ1n) is 5.82. The Morgan fingerprint density at radius 2 is 1.60 bits per heavy atom. The first-order valence-corrected chi connectivity index (χ1v) is 5.82. The molecule has 15 heavy (non-hydrogen) atoms. The summed E-state index contributed by atoms with van der Waals surface area (Å²) < 4.78 is 0. The van der Waals surface area contributed by atoms with Gasteiger partial charge in [0.1, 0.15) is 0 Å². The van der Waals surface area contributed by atoms with Crippen LogP contribution >= 0.6 is 0 Å². The number of ketones is 1. The Kier molecular flexibility index (Phi) is 2.80. The minimum atomic E-state index is -0.240. The molecular weight excluding hydrogens is 186 g/mol. The van der Waals surface area contributed by atoms with Crippen LogP contribution in [0.25, 0.3) is 0 Å². The van der Waals surface area contributed by atoms with Crippen LogP contribution in [0.5, 0.6) is 0 Å².